The highest BCUT2D eigenvalue weighted by Crippen LogP contribution is 2.30. The zero-order valence-electron chi connectivity index (χ0n) is 17.7. The number of halogens is 1. The lowest BCUT2D eigenvalue weighted by atomic mass is 10.2. The zero-order valence-corrected chi connectivity index (χ0v) is 20.1. The van der Waals surface area contributed by atoms with Crippen LogP contribution in [0, 0.1) is 0 Å². The maximum atomic E-state index is 13.3. The number of fused-ring (bicyclic) bond motifs is 3. The smallest absolute Gasteiger partial charge is 0.229 e. The van der Waals surface area contributed by atoms with Crippen molar-refractivity contribution in [2.45, 2.75) is 16.8 Å². The van der Waals surface area contributed by atoms with Gasteiger partial charge in [0.2, 0.25) is 20.8 Å². The number of carbonyl (C=O) groups is 1. The second kappa shape index (κ2) is 8.50. The number of sulfone groups is 1. The molecule has 5 rings (SSSR count). The number of carbonyl (C=O) groups excluding carboxylic acids is 1. The standard InChI is InChI=1S/C23H17BrN6O3S/c1-14(31)25-16-8-10-17(11-9-16)26-21-19-4-2-3-5-20(19)30-22(27-21)23(28-29-30)34(32,33)18-12-6-15(24)7-13-18/h2-13H,1H3,(H,25,31)(H,26,27). The summed E-state index contributed by atoms with van der Waals surface area (Å²) in [5, 5.41) is 14.5. The van der Waals surface area contributed by atoms with Gasteiger partial charge < -0.3 is 10.6 Å². The first-order chi connectivity index (χ1) is 16.3. The van der Waals surface area contributed by atoms with Gasteiger partial charge in [0.05, 0.1) is 10.4 Å². The molecule has 2 N–H and O–H groups in total. The molecule has 5 aromatic rings. The molecule has 1 amide bonds. The molecule has 0 saturated heterocycles. The van der Waals surface area contributed by atoms with Crippen molar-refractivity contribution in [1.29, 1.82) is 0 Å². The third kappa shape index (κ3) is 3.99. The number of hydrogen-bond acceptors (Lipinski definition) is 7. The third-order valence-corrected chi connectivity index (χ3v) is 7.26. The van der Waals surface area contributed by atoms with Gasteiger partial charge in [-0.1, -0.05) is 33.3 Å². The topological polar surface area (TPSA) is 118 Å². The van der Waals surface area contributed by atoms with Crippen LogP contribution in [0.15, 0.2) is 87.2 Å². The normalized spacial score (nSPS) is 11.6. The lowest BCUT2D eigenvalue weighted by Crippen LogP contribution is -2.06. The van der Waals surface area contributed by atoms with Crippen molar-refractivity contribution in [3.05, 3.63) is 77.3 Å². The Balaban J connectivity index is 1.64. The lowest BCUT2D eigenvalue weighted by Gasteiger charge is -2.11. The number of rotatable bonds is 5. The van der Waals surface area contributed by atoms with E-state index in [0.717, 1.165) is 9.86 Å². The molecule has 0 unspecified atom stereocenters. The van der Waals surface area contributed by atoms with E-state index in [-0.39, 0.29) is 21.5 Å². The van der Waals surface area contributed by atoms with Crippen LogP contribution in [0.3, 0.4) is 0 Å². The number of nitrogens with zero attached hydrogens (tertiary/aromatic N) is 4. The number of hydrogen-bond donors (Lipinski definition) is 2. The molecule has 9 nitrogen and oxygen atoms in total. The van der Waals surface area contributed by atoms with Crippen LogP contribution in [-0.2, 0) is 14.6 Å². The van der Waals surface area contributed by atoms with E-state index in [1.54, 1.807) is 36.4 Å². The number of para-hydroxylation sites is 1. The van der Waals surface area contributed by atoms with Gasteiger partial charge in [-0.25, -0.2) is 13.4 Å². The summed E-state index contributed by atoms with van der Waals surface area (Å²) in [5.74, 6) is 0.288. The summed E-state index contributed by atoms with van der Waals surface area (Å²) in [7, 11) is -3.96. The van der Waals surface area contributed by atoms with E-state index in [2.05, 4.69) is 41.9 Å². The molecule has 170 valence electrons. The Morgan fingerprint density at radius 1 is 0.941 bits per heavy atom. The highest BCUT2D eigenvalue weighted by atomic mass is 79.9. The summed E-state index contributed by atoms with van der Waals surface area (Å²) in [6.45, 7) is 1.44. The lowest BCUT2D eigenvalue weighted by molar-refractivity contribution is -0.114. The molecule has 0 aliphatic heterocycles. The Kier molecular flexibility index (Phi) is 5.50. The highest BCUT2D eigenvalue weighted by molar-refractivity contribution is 9.10. The van der Waals surface area contributed by atoms with Gasteiger partial charge in [-0.15, -0.1) is 5.10 Å². The van der Waals surface area contributed by atoms with Crippen molar-refractivity contribution in [3.8, 4) is 0 Å². The first-order valence-electron chi connectivity index (χ1n) is 10.1. The Hall–Kier alpha value is -3.83. The molecule has 2 heterocycles. The molecule has 11 heteroatoms. The van der Waals surface area contributed by atoms with Crippen LogP contribution in [0.4, 0.5) is 17.2 Å². The molecule has 2 aromatic heterocycles. The molecule has 34 heavy (non-hydrogen) atoms. The number of nitrogens with one attached hydrogen (secondary N) is 2. The van der Waals surface area contributed by atoms with E-state index in [1.165, 1.54) is 23.6 Å². The maximum Gasteiger partial charge on any atom is 0.229 e. The van der Waals surface area contributed by atoms with Gasteiger partial charge in [-0.3, -0.25) is 4.79 Å². The van der Waals surface area contributed by atoms with Crippen molar-refractivity contribution in [1.82, 2.24) is 19.8 Å². The van der Waals surface area contributed by atoms with Crippen molar-refractivity contribution in [2.24, 2.45) is 0 Å². The summed E-state index contributed by atoms with van der Waals surface area (Å²) in [4.78, 5) is 16.0. The molecular formula is C23H17BrN6O3S. The largest absolute Gasteiger partial charge is 0.340 e. The van der Waals surface area contributed by atoms with Crippen molar-refractivity contribution in [2.75, 3.05) is 10.6 Å². The Morgan fingerprint density at radius 3 is 2.32 bits per heavy atom. The van der Waals surface area contributed by atoms with Crippen LogP contribution < -0.4 is 10.6 Å². The average molecular weight is 537 g/mol. The average Bonchev–Trinajstić information content (AvgIpc) is 3.25. The second-order valence-corrected chi connectivity index (χ2v) is 10.2. The molecule has 0 saturated carbocycles. The Morgan fingerprint density at radius 2 is 1.62 bits per heavy atom. The molecule has 0 spiro atoms. The number of benzene rings is 3. The van der Waals surface area contributed by atoms with Gasteiger partial charge in [-0.05, 0) is 60.7 Å². The molecule has 0 radical (unpaired) electrons. The Bertz CT molecular complexity index is 1650. The van der Waals surface area contributed by atoms with E-state index < -0.39 is 9.84 Å². The number of anilines is 3. The minimum absolute atomic E-state index is 0.0936. The fourth-order valence-corrected chi connectivity index (χ4v) is 5.02. The van der Waals surface area contributed by atoms with Gasteiger partial charge in [0, 0.05) is 28.2 Å². The molecule has 0 atom stereocenters. The summed E-state index contributed by atoms with van der Waals surface area (Å²) in [5.41, 5.74) is 2.13. The number of aromatic nitrogens is 4. The van der Waals surface area contributed by atoms with E-state index in [9.17, 15) is 13.2 Å². The van der Waals surface area contributed by atoms with Gasteiger partial charge in [0.25, 0.3) is 0 Å². The molecule has 0 fully saturated rings. The summed E-state index contributed by atoms with van der Waals surface area (Å²) in [6, 6.07) is 20.8. The van der Waals surface area contributed by atoms with Crippen LogP contribution in [0.5, 0.6) is 0 Å². The predicted octanol–water partition coefficient (Wildman–Crippen LogP) is 4.57. The van der Waals surface area contributed by atoms with Gasteiger partial charge >= 0.3 is 0 Å². The van der Waals surface area contributed by atoms with Crippen LogP contribution in [0.1, 0.15) is 6.92 Å². The first kappa shape index (κ1) is 22.0. The molecule has 0 aliphatic carbocycles. The van der Waals surface area contributed by atoms with Crippen molar-refractivity contribution in [3.63, 3.8) is 0 Å². The van der Waals surface area contributed by atoms with Crippen LogP contribution in [0.25, 0.3) is 16.6 Å². The van der Waals surface area contributed by atoms with Gasteiger partial charge in [0.1, 0.15) is 5.82 Å². The fourth-order valence-electron chi connectivity index (χ4n) is 3.52. The fraction of sp³-hybridized carbons (Fsp3) is 0.0435. The summed E-state index contributed by atoms with van der Waals surface area (Å²) >= 11 is 3.32. The maximum absolute atomic E-state index is 13.3. The monoisotopic (exact) mass is 536 g/mol. The highest BCUT2D eigenvalue weighted by Gasteiger charge is 2.27. The van der Waals surface area contributed by atoms with E-state index in [4.69, 9.17) is 0 Å². The minimum atomic E-state index is -3.96. The first-order valence-corrected chi connectivity index (χ1v) is 12.4. The van der Waals surface area contributed by atoms with Gasteiger partial charge in [-0.2, -0.15) is 4.52 Å². The molecule has 0 bridgehead atoms. The third-order valence-electron chi connectivity index (χ3n) is 5.07. The number of amides is 1. The predicted molar refractivity (Wildman–Crippen MR) is 132 cm³/mol. The van der Waals surface area contributed by atoms with Crippen LogP contribution in [0.2, 0.25) is 0 Å². The molecular weight excluding hydrogens is 520 g/mol. The molecule has 0 aliphatic rings. The summed E-state index contributed by atoms with van der Waals surface area (Å²) < 4.78 is 28.8. The van der Waals surface area contributed by atoms with E-state index in [1.807, 2.05) is 24.3 Å². The van der Waals surface area contributed by atoms with E-state index >= 15 is 0 Å². The zero-order chi connectivity index (χ0) is 23.9. The van der Waals surface area contributed by atoms with Gasteiger partial charge in [0.15, 0.2) is 5.65 Å². The SMILES string of the molecule is CC(=O)Nc1ccc(Nc2nc3c(S(=O)(=O)c4ccc(Br)cc4)nnn3c3ccccc23)cc1. The van der Waals surface area contributed by atoms with E-state index in [0.29, 0.717) is 22.7 Å². The second-order valence-electron chi connectivity index (χ2n) is 7.45. The van der Waals surface area contributed by atoms with Crippen LogP contribution >= 0.6 is 15.9 Å². The van der Waals surface area contributed by atoms with Crippen molar-refractivity contribution >= 4 is 65.4 Å². The molecule has 3 aromatic carbocycles. The van der Waals surface area contributed by atoms with Crippen molar-refractivity contribution < 1.29 is 13.2 Å². The quantitative estimate of drug-likeness (QED) is 0.337. The Labute approximate surface area is 202 Å². The summed E-state index contributed by atoms with van der Waals surface area (Å²) in [6.07, 6.45) is 0. The minimum Gasteiger partial charge on any atom is -0.340 e. The van der Waals surface area contributed by atoms with Crippen LogP contribution in [-0.4, -0.2) is 34.1 Å².